The van der Waals surface area contributed by atoms with Crippen molar-refractivity contribution in [2.75, 3.05) is 20.1 Å². The van der Waals surface area contributed by atoms with Crippen LogP contribution in [0.25, 0.3) is 22.6 Å². The molecule has 34 heavy (non-hydrogen) atoms. The van der Waals surface area contributed by atoms with E-state index >= 15 is 0 Å². The summed E-state index contributed by atoms with van der Waals surface area (Å²) in [5.74, 6) is 2.05. The predicted octanol–water partition coefficient (Wildman–Crippen LogP) is 5.75. The lowest BCUT2D eigenvalue weighted by atomic mass is 9.89. The van der Waals surface area contributed by atoms with Gasteiger partial charge in [0.15, 0.2) is 5.76 Å². The zero-order valence-corrected chi connectivity index (χ0v) is 19.4. The minimum atomic E-state index is -0.0444. The lowest BCUT2D eigenvalue weighted by molar-refractivity contribution is 0.0963. The van der Waals surface area contributed by atoms with Crippen LogP contribution in [0.3, 0.4) is 0 Å². The van der Waals surface area contributed by atoms with E-state index in [9.17, 15) is 4.79 Å². The van der Waals surface area contributed by atoms with Crippen LogP contribution >= 0.6 is 0 Å². The third-order valence-electron chi connectivity index (χ3n) is 6.57. The van der Waals surface area contributed by atoms with Gasteiger partial charge in [0.05, 0.1) is 6.54 Å². The third-order valence-corrected chi connectivity index (χ3v) is 6.57. The Balaban J connectivity index is 1.28. The van der Waals surface area contributed by atoms with Crippen LogP contribution in [0, 0.1) is 0 Å². The summed E-state index contributed by atoms with van der Waals surface area (Å²) in [6.07, 6.45) is 2.16. The molecule has 1 N–H and O–H groups in total. The first-order chi connectivity index (χ1) is 16.7. The second-order valence-electron chi connectivity index (χ2n) is 8.77. The molecule has 0 atom stereocenters. The second-order valence-corrected chi connectivity index (χ2v) is 8.77. The van der Waals surface area contributed by atoms with E-state index in [1.54, 1.807) is 7.05 Å². The molecule has 5 nitrogen and oxygen atoms in total. The van der Waals surface area contributed by atoms with Crippen LogP contribution in [-0.4, -0.2) is 35.9 Å². The van der Waals surface area contributed by atoms with Gasteiger partial charge in [-0.15, -0.1) is 0 Å². The standard InChI is InChI=1S/C29H29N3O2/c1-30-29(33)25-14-12-21(13-15-25)22-16-18-32(19-17-22)20-26-31-27(23-8-4-2-5-9-23)28(34-26)24-10-6-3-7-11-24/h2-15,22H,16-20H2,1H3,(H,30,33). The fraction of sp³-hybridized carbons (Fsp3) is 0.241. The van der Waals surface area contributed by atoms with Crippen molar-refractivity contribution in [2.24, 2.45) is 0 Å². The van der Waals surface area contributed by atoms with Crippen LogP contribution in [0.5, 0.6) is 0 Å². The molecule has 2 heterocycles. The molecule has 1 saturated heterocycles. The van der Waals surface area contributed by atoms with Crippen LogP contribution < -0.4 is 5.32 Å². The van der Waals surface area contributed by atoms with Crippen molar-refractivity contribution >= 4 is 5.91 Å². The summed E-state index contributed by atoms with van der Waals surface area (Å²) in [6.45, 7) is 2.69. The average Bonchev–Trinajstić information content (AvgIpc) is 3.33. The molecule has 0 spiro atoms. The number of likely N-dealkylation sites (tertiary alicyclic amines) is 1. The van der Waals surface area contributed by atoms with Crippen molar-refractivity contribution in [1.82, 2.24) is 15.2 Å². The van der Waals surface area contributed by atoms with Crippen LogP contribution in [0.4, 0.5) is 0 Å². The summed E-state index contributed by atoms with van der Waals surface area (Å²) in [7, 11) is 1.66. The SMILES string of the molecule is CNC(=O)c1ccc(C2CCN(Cc3nc(-c4ccccc4)c(-c4ccccc4)o3)CC2)cc1. The second kappa shape index (κ2) is 10.1. The number of amides is 1. The van der Waals surface area contributed by atoms with Gasteiger partial charge in [-0.05, 0) is 49.5 Å². The molecule has 0 aliphatic carbocycles. The molecule has 5 heteroatoms. The van der Waals surface area contributed by atoms with Gasteiger partial charge in [-0.2, -0.15) is 0 Å². The third kappa shape index (κ3) is 4.80. The molecular formula is C29H29N3O2. The number of nitrogens with one attached hydrogen (secondary N) is 1. The molecule has 1 aliphatic heterocycles. The number of hydrogen-bond donors (Lipinski definition) is 1. The molecule has 5 rings (SSSR count). The minimum Gasteiger partial charge on any atom is -0.439 e. The average molecular weight is 452 g/mol. The van der Waals surface area contributed by atoms with E-state index < -0.39 is 0 Å². The number of nitrogens with zero attached hydrogens (tertiary/aromatic N) is 2. The highest BCUT2D eigenvalue weighted by Gasteiger charge is 2.24. The molecule has 172 valence electrons. The zero-order chi connectivity index (χ0) is 23.3. The quantitative estimate of drug-likeness (QED) is 0.406. The lowest BCUT2D eigenvalue weighted by Crippen LogP contribution is -2.32. The zero-order valence-electron chi connectivity index (χ0n) is 19.4. The Labute approximate surface area is 200 Å². The number of rotatable bonds is 6. The van der Waals surface area contributed by atoms with Crippen molar-refractivity contribution in [3.8, 4) is 22.6 Å². The summed E-state index contributed by atoms with van der Waals surface area (Å²) >= 11 is 0. The summed E-state index contributed by atoms with van der Waals surface area (Å²) in [5, 5.41) is 2.68. The van der Waals surface area contributed by atoms with E-state index in [0.29, 0.717) is 18.0 Å². The summed E-state index contributed by atoms with van der Waals surface area (Å²) in [4.78, 5) is 19.1. The number of benzene rings is 3. The van der Waals surface area contributed by atoms with E-state index in [4.69, 9.17) is 9.40 Å². The first-order valence-electron chi connectivity index (χ1n) is 11.9. The number of hydrogen-bond acceptors (Lipinski definition) is 4. The Bertz CT molecular complexity index is 1170. The molecule has 0 bridgehead atoms. The Morgan fingerprint density at radius 1 is 0.912 bits per heavy atom. The smallest absolute Gasteiger partial charge is 0.251 e. The predicted molar refractivity (Wildman–Crippen MR) is 134 cm³/mol. The van der Waals surface area contributed by atoms with Gasteiger partial charge >= 0.3 is 0 Å². The lowest BCUT2D eigenvalue weighted by Gasteiger charge is -2.31. The molecule has 3 aromatic carbocycles. The highest BCUT2D eigenvalue weighted by molar-refractivity contribution is 5.93. The van der Waals surface area contributed by atoms with Gasteiger partial charge in [0.2, 0.25) is 5.89 Å². The fourth-order valence-corrected chi connectivity index (χ4v) is 4.68. The Kier molecular flexibility index (Phi) is 6.54. The number of carbonyl (C=O) groups excluding carboxylic acids is 1. The molecule has 1 amide bonds. The Hall–Kier alpha value is -3.70. The number of carbonyl (C=O) groups is 1. The van der Waals surface area contributed by atoms with Gasteiger partial charge in [-0.1, -0.05) is 72.8 Å². The fourth-order valence-electron chi connectivity index (χ4n) is 4.68. The number of oxazole rings is 1. The van der Waals surface area contributed by atoms with E-state index in [1.165, 1.54) is 5.56 Å². The molecule has 0 unspecified atom stereocenters. The van der Waals surface area contributed by atoms with Gasteiger partial charge in [0.1, 0.15) is 5.69 Å². The normalized spacial score (nSPS) is 14.7. The van der Waals surface area contributed by atoms with Crippen LogP contribution in [0.1, 0.15) is 40.6 Å². The largest absolute Gasteiger partial charge is 0.439 e. The molecule has 1 aromatic heterocycles. The maximum Gasteiger partial charge on any atom is 0.251 e. The first-order valence-corrected chi connectivity index (χ1v) is 11.9. The van der Waals surface area contributed by atoms with Crippen molar-refractivity contribution < 1.29 is 9.21 Å². The molecule has 0 radical (unpaired) electrons. The van der Waals surface area contributed by atoms with Gasteiger partial charge in [0.25, 0.3) is 5.91 Å². The van der Waals surface area contributed by atoms with Gasteiger partial charge < -0.3 is 9.73 Å². The maximum atomic E-state index is 11.8. The van der Waals surface area contributed by atoms with Crippen molar-refractivity contribution in [1.29, 1.82) is 0 Å². The first kappa shape index (κ1) is 22.1. The molecule has 4 aromatic rings. The van der Waals surface area contributed by atoms with Gasteiger partial charge in [0, 0.05) is 23.7 Å². The summed E-state index contributed by atoms with van der Waals surface area (Å²) < 4.78 is 6.33. The maximum absolute atomic E-state index is 11.8. The number of aromatic nitrogens is 1. The van der Waals surface area contributed by atoms with Gasteiger partial charge in [-0.3, -0.25) is 9.69 Å². The molecule has 1 aliphatic rings. The van der Waals surface area contributed by atoms with Crippen LogP contribution in [0.15, 0.2) is 89.3 Å². The molecule has 0 saturated carbocycles. The van der Waals surface area contributed by atoms with Crippen molar-refractivity contribution in [2.45, 2.75) is 25.3 Å². The highest BCUT2D eigenvalue weighted by atomic mass is 16.4. The van der Waals surface area contributed by atoms with Crippen molar-refractivity contribution in [3.63, 3.8) is 0 Å². The topological polar surface area (TPSA) is 58.4 Å². The van der Waals surface area contributed by atoms with Gasteiger partial charge in [-0.25, -0.2) is 4.98 Å². The Morgan fingerprint density at radius 3 is 2.15 bits per heavy atom. The molecule has 1 fully saturated rings. The monoisotopic (exact) mass is 451 g/mol. The highest BCUT2D eigenvalue weighted by Crippen LogP contribution is 2.34. The Morgan fingerprint density at radius 2 is 1.53 bits per heavy atom. The van der Waals surface area contributed by atoms with E-state index in [2.05, 4.69) is 46.6 Å². The van der Waals surface area contributed by atoms with Crippen molar-refractivity contribution in [3.05, 3.63) is 102 Å². The van der Waals surface area contributed by atoms with Crippen LogP contribution in [-0.2, 0) is 6.54 Å². The minimum absolute atomic E-state index is 0.0444. The number of piperidine rings is 1. The summed E-state index contributed by atoms with van der Waals surface area (Å²) in [5.41, 5.74) is 5.01. The van der Waals surface area contributed by atoms with Crippen LogP contribution in [0.2, 0.25) is 0 Å². The summed E-state index contributed by atoms with van der Waals surface area (Å²) in [6, 6.07) is 28.5. The van der Waals surface area contributed by atoms with E-state index in [1.807, 2.05) is 48.5 Å². The molecular weight excluding hydrogens is 422 g/mol. The van der Waals surface area contributed by atoms with E-state index in [0.717, 1.165) is 54.4 Å². The van der Waals surface area contributed by atoms with E-state index in [-0.39, 0.29) is 5.91 Å².